The van der Waals surface area contributed by atoms with Gasteiger partial charge in [-0.2, -0.15) is 0 Å². The van der Waals surface area contributed by atoms with Crippen LogP contribution in [0.25, 0.3) is 32.9 Å². The van der Waals surface area contributed by atoms with Gasteiger partial charge in [-0.3, -0.25) is 5.32 Å². The summed E-state index contributed by atoms with van der Waals surface area (Å²) in [5.41, 5.74) is 15.3. The van der Waals surface area contributed by atoms with E-state index >= 15 is 0 Å². The molecule has 0 bridgehead atoms. The van der Waals surface area contributed by atoms with E-state index < -0.39 is 0 Å². The van der Waals surface area contributed by atoms with E-state index in [9.17, 15) is 0 Å². The van der Waals surface area contributed by atoms with Crippen molar-refractivity contribution in [1.82, 2.24) is 15.2 Å². The lowest BCUT2D eigenvalue weighted by Crippen LogP contribution is -2.55. The summed E-state index contributed by atoms with van der Waals surface area (Å²) >= 11 is 0. The van der Waals surface area contributed by atoms with Gasteiger partial charge < -0.3 is 9.88 Å². The summed E-state index contributed by atoms with van der Waals surface area (Å²) in [7, 11) is 0. The van der Waals surface area contributed by atoms with Gasteiger partial charge in [-0.05, 0) is 184 Å². The summed E-state index contributed by atoms with van der Waals surface area (Å²) in [6, 6.07) is 29.1. The molecule has 0 spiro atoms. The number of hydrogen-bond donors (Lipinski definition) is 2. The smallest absolute Gasteiger partial charge is 0.185 e. The highest BCUT2D eigenvalue weighted by Gasteiger charge is 2.66. The number of nitrogens with one attached hydrogen (secondary N) is 2. The summed E-state index contributed by atoms with van der Waals surface area (Å²) in [5.74, 6) is 10.1. The van der Waals surface area contributed by atoms with Crippen LogP contribution in [0.15, 0.2) is 72.8 Å². The fourth-order valence-electron chi connectivity index (χ4n) is 19.9. The van der Waals surface area contributed by atoms with Crippen molar-refractivity contribution < 1.29 is 0 Å². The number of fused-ring (bicyclic) bond motifs is 14. The molecule has 4 heteroatoms. The predicted molar refractivity (Wildman–Crippen MR) is 279 cm³/mol. The molecule has 13 atom stereocenters. The topological polar surface area (TPSA) is 29.0 Å². The van der Waals surface area contributed by atoms with Crippen molar-refractivity contribution in [2.24, 2.45) is 58.7 Å². The normalized spacial score (nSPS) is 36.3. The Morgan fingerprint density at radius 1 is 0.576 bits per heavy atom. The van der Waals surface area contributed by atoms with Crippen LogP contribution in [-0.4, -0.2) is 30.4 Å². The minimum absolute atomic E-state index is 0.0616. The second kappa shape index (κ2) is 15.8. The van der Waals surface area contributed by atoms with E-state index in [0.717, 1.165) is 66.2 Å². The van der Waals surface area contributed by atoms with Gasteiger partial charge in [-0.15, -0.1) is 0 Å². The maximum Gasteiger partial charge on any atom is 0.185 e. The number of benzene rings is 4. The molecule has 8 aliphatic rings. The van der Waals surface area contributed by atoms with Crippen LogP contribution in [0, 0.1) is 79.4 Å². The average molecular weight is 878 g/mol. The van der Waals surface area contributed by atoms with Crippen LogP contribution in [0.2, 0.25) is 11.6 Å². The maximum absolute atomic E-state index is 4.57. The molecule has 2 N–H and O–H groups in total. The molecule has 66 heavy (non-hydrogen) atoms. The van der Waals surface area contributed by atoms with Gasteiger partial charge in [0.15, 0.2) is 6.71 Å². The first-order valence-corrected chi connectivity index (χ1v) is 27.7. The van der Waals surface area contributed by atoms with Crippen molar-refractivity contribution in [2.45, 2.75) is 168 Å². The largest absolute Gasteiger partial charge is 0.324 e. The van der Waals surface area contributed by atoms with Crippen molar-refractivity contribution in [3.63, 3.8) is 0 Å². The van der Waals surface area contributed by atoms with Gasteiger partial charge in [0, 0.05) is 22.2 Å². The molecule has 5 aromatic rings. The predicted octanol–water partition coefficient (Wildman–Crippen LogP) is 14.3. The molecule has 0 radical (unpaired) electrons. The van der Waals surface area contributed by atoms with E-state index in [1.54, 1.807) is 18.3 Å². The van der Waals surface area contributed by atoms with Crippen LogP contribution in [0.5, 0.6) is 0 Å². The molecule has 1 aromatic heterocycles. The number of para-hydroxylation sites is 1. The summed E-state index contributed by atoms with van der Waals surface area (Å²) < 4.78 is 2.77. The van der Waals surface area contributed by atoms with Crippen molar-refractivity contribution in [1.29, 1.82) is 0 Å². The molecule has 13 rings (SSSR count). The van der Waals surface area contributed by atoms with E-state index in [2.05, 4.69) is 136 Å². The van der Waals surface area contributed by atoms with Crippen molar-refractivity contribution in [3.8, 4) is 11.1 Å². The zero-order valence-electron chi connectivity index (χ0n) is 41.8. The summed E-state index contributed by atoms with van der Waals surface area (Å²) in [4.78, 5) is 0. The van der Waals surface area contributed by atoms with Gasteiger partial charge in [-0.1, -0.05) is 155 Å². The lowest BCUT2D eigenvalue weighted by Gasteiger charge is -2.49. The first-order chi connectivity index (χ1) is 32.0. The van der Waals surface area contributed by atoms with Gasteiger partial charge >= 0.3 is 0 Å². The second-order valence-electron chi connectivity index (χ2n) is 25.5. The fraction of sp³-hybridized carbons (Fsp3) is 0.613. The highest BCUT2D eigenvalue weighted by Crippen LogP contribution is 2.71. The van der Waals surface area contributed by atoms with E-state index in [4.69, 9.17) is 0 Å². The summed E-state index contributed by atoms with van der Waals surface area (Å²) in [6.07, 6.45) is 20.7. The summed E-state index contributed by atoms with van der Waals surface area (Å²) in [6.45, 7) is 20.6. The fourth-order valence-corrected chi connectivity index (χ4v) is 19.9. The first-order valence-electron chi connectivity index (χ1n) is 27.7. The molecule has 13 unspecified atom stereocenters. The Kier molecular flexibility index (Phi) is 10.3. The second-order valence-corrected chi connectivity index (χ2v) is 25.5. The first kappa shape index (κ1) is 42.7. The average Bonchev–Trinajstić information content (AvgIpc) is 3.99. The Labute approximate surface area is 398 Å². The molecule has 6 aliphatic carbocycles. The van der Waals surface area contributed by atoms with Crippen LogP contribution in [0.4, 0.5) is 0 Å². The zero-order valence-corrected chi connectivity index (χ0v) is 41.8. The molecular weight excluding hydrogens is 798 g/mol. The van der Waals surface area contributed by atoms with Crippen LogP contribution >= 0.6 is 0 Å². The molecule has 2 aliphatic heterocycles. The molecule has 346 valence electrons. The quantitative estimate of drug-likeness (QED) is 0.172. The highest BCUT2D eigenvalue weighted by atomic mass is 15.2. The van der Waals surface area contributed by atoms with E-state index in [1.165, 1.54) is 138 Å². The molecule has 2 saturated heterocycles. The Morgan fingerprint density at radius 2 is 1.24 bits per heavy atom. The van der Waals surface area contributed by atoms with Crippen LogP contribution in [0.3, 0.4) is 0 Å². The van der Waals surface area contributed by atoms with Crippen LogP contribution < -0.4 is 16.1 Å². The Balaban J connectivity index is 0.811. The number of hydrogen-bond acceptors (Lipinski definition) is 2. The van der Waals surface area contributed by atoms with Gasteiger partial charge in [0.25, 0.3) is 0 Å². The van der Waals surface area contributed by atoms with Crippen LogP contribution in [0.1, 0.15) is 152 Å². The molecular formula is C62H80BN3. The molecule has 3 heterocycles. The standard InChI is InChI=1S/C62H80BN3/c1-36-32-37(2)59(38(3)33-36)63(39-24-30-52(64-34-39)55-45-20-9-8-16-41(45)46-26-27-47-42-17-10-13-21-50(42)61(4,5)57(47)56(46)55)40-25-31-54(65-35-40)66-53-23-15-12-19-44(53)49-29-28-48-43-18-11-14-22-51(43)62(6,7)58(48)60(49)66/h11-12,14-15,18-19,22-23,28-29,32-33,39-42,45-47,50,52,54-57,64-65H,8-10,13,16-17,20-21,24-27,30-31,34-35H2,1-7H3. The monoisotopic (exact) mass is 878 g/mol. The van der Waals surface area contributed by atoms with E-state index in [1.807, 2.05) is 0 Å². The lowest BCUT2D eigenvalue weighted by atomic mass is 9.27. The van der Waals surface area contributed by atoms with Crippen molar-refractivity contribution >= 4 is 34.0 Å². The number of rotatable bonds is 5. The third kappa shape index (κ3) is 6.20. The summed E-state index contributed by atoms with van der Waals surface area (Å²) in [5, 5.41) is 11.7. The van der Waals surface area contributed by atoms with E-state index in [0.29, 0.717) is 29.8 Å². The third-order valence-corrected chi connectivity index (χ3v) is 21.9. The minimum atomic E-state index is -0.0616. The van der Waals surface area contributed by atoms with E-state index in [-0.39, 0.29) is 11.6 Å². The highest BCUT2D eigenvalue weighted by molar-refractivity contribution is 6.77. The van der Waals surface area contributed by atoms with Crippen molar-refractivity contribution in [2.75, 3.05) is 13.1 Å². The lowest BCUT2D eigenvalue weighted by molar-refractivity contribution is 0.00417. The number of aromatic nitrogens is 1. The van der Waals surface area contributed by atoms with Gasteiger partial charge in [0.05, 0.1) is 17.2 Å². The Bertz CT molecular complexity index is 2650. The Morgan fingerprint density at radius 3 is 2.00 bits per heavy atom. The SMILES string of the molecule is Cc1cc(C)c(B(C2CCC(C3C4CCCCC4C4CCC5C6CCCCC6C(C)(C)C5C43)NC2)C2CCC(n3c4ccccc4c4ccc5c(c43)C(C)(C)c3ccccc3-5)NC2)c(C)c1. The van der Waals surface area contributed by atoms with Gasteiger partial charge in [0.1, 0.15) is 0 Å². The third-order valence-electron chi connectivity index (χ3n) is 21.9. The molecule has 5 saturated carbocycles. The molecule has 4 aromatic carbocycles. The number of piperidine rings is 2. The molecule has 7 fully saturated rings. The van der Waals surface area contributed by atoms with Gasteiger partial charge in [0.2, 0.25) is 0 Å². The number of nitrogens with zero attached hydrogens (tertiary/aromatic N) is 1. The minimum Gasteiger partial charge on any atom is -0.324 e. The van der Waals surface area contributed by atoms with Gasteiger partial charge in [-0.25, -0.2) is 0 Å². The van der Waals surface area contributed by atoms with Crippen molar-refractivity contribution in [3.05, 3.63) is 101 Å². The molecule has 3 nitrogen and oxygen atoms in total. The maximum atomic E-state index is 4.57. The van der Waals surface area contributed by atoms with Crippen LogP contribution in [-0.2, 0) is 5.41 Å². The zero-order chi connectivity index (χ0) is 44.8. The Hall–Kier alpha value is -3.34. The number of aryl methyl sites for hydroxylation is 3. The molecule has 0 amide bonds.